The Morgan fingerprint density at radius 3 is 3.05 bits per heavy atom. The van der Waals surface area contributed by atoms with E-state index in [1.807, 2.05) is 17.5 Å². The van der Waals surface area contributed by atoms with Gasteiger partial charge in [0.15, 0.2) is 0 Å². The number of amides is 1. The molecular weight excluding hydrogens is 286 g/mol. The number of carbonyl (C=O) groups is 1. The third-order valence-corrected chi connectivity index (χ3v) is 4.09. The third-order valence-electron chi connectivity index (χ3n) is 3.23. The first-order chi connectivity index (χ1) is 10.1. The molecule has 2 aromatic heterocycles. The van der Waals surface area contributed by atoms with Gasteiger partial charge >= 0.3 is 0 Å². The number of rotatable bonds is 7. The van der Waals surface area contributed by atoms with Crippen LogP contribution >= 0.6 is 11.3 Å². The van der Waals surface area contributed by atoms with Crippen molar-refractivity contribution in [1.29, 1.82) is 0 Å². The van der Waals surface area contributed by atoms with E-state index in [1.54, 1.807) is 34.2 Å². The summed E-state index contributed by atoms with van der Waals surface area (Å²) in [7, 11) is 1.79. The lowest BCUT2D eigenvalue weighted by Gasteiger charge is -2.15. The summed E-state index contributed by atoms with van der Waals surface area (Å²) in [6.45, 7) is 2.88. The Morgan fingerprint density at radius 1 is 1.57 bits per heavy atom. The molecule has 0 saturated heterocycles. The number of aromatic nitrogens is 3. The molecule has 0 bridgehead atoms. The van der Waals surface area contributed by atoms with E-state index in [0.717, 1.165) is 23.4 Å². The van der Waals surface area contributed by atoms with Crippen molar-refractivity contribution in [3.8, 4) is 0 Å². The van der Waals surface area contributed by atoms with Gasteiger partial charge in [0.05, 0.1) is 24.5 Å². The van der Waals surface area contributed by atoms with E-state index in [-0.39, 0.29) is 18.5 Å². The molecule has 2 heterocycles. The van der Waals surface area contributed by atoms with Crippen molar-refractivity contribution in [2.24, 2.45) is 5.73 Å². The van der Waals surface area contributed by atoms with Crippen molar-refractivity contribution in [2.45, 2.75) is 38.9 Å². The molecule has 0 saturated carbocycles. The smallest absolute Gasteiger partial charge is 0.244 e. The zero-order chi connectivity index (χ0) is 15.2. The first kappa shape index (κ1) is 15.7. The van der Waals surface area contributed by atoms with Crippen LogP contribution in [-0.4, -0.2) is 32.8 Å². The summed E-state index contributed by atoms with van der Waals surface area (Å²) in [6.07, 6.45) is 3.62. The number of carbonyl (C=O) groups excluding carboxylic acids is 1. The summed E-state index contributed by atoms with van der Waals surface area (Å²) >= 11 is 1.64. The third kappa shape index (κ3) is 4.37. The summed E-state index contributed by atoms with van der Waals surface area (Å²) in [5.74, 6) is 0.00362. The first-order valence-corrected chi connectivity index (χ1v) is 7.90. The molecule has 114 valence electrons. The van der Waals surface area contributed by atoms with Crippen LogP contribution in [0, 0.1) is 0 Å². The van der Waals surface area contributed by atoms with Crippen LogP contribution in [0.4, 0.5) is 0 Å². The number of hydrogen-bond donors (Lipinski definition) is 1. The number of nitrogens with zero attached hydrogens (tertiary/aromatic N) is 4. The fourth-order valence-electron chi connectivity index (χ4n) is 2.00. The standard InChI is InChI=1S/C14H21N5OS/c1-3-5-12(15)13-9-19(17-16-13)10-14(20)18(2)8-11-6-4-7-21-11/h4,6-7,9,12H,3,5,8,10,15H2,1-2H3. The minimum absolute atomic E-state index is 0.00362. The molecule has 2 aromatic rings. The van der Waals surface area contributed by atoms with E-state index in [1.165, 1.54) is 0 Å². The monoisotopic (exact) mass is 307 g/mol. The summed E-state index contributed by atoms with van der Waals surface area (Å²) in [5.41, 5.74) is 6.73. The molecule has 1 atom stereocenters. The molecule has 0 aliphatic carbocycles. The second-order valence-electron chi connectivity index (χ2n) is 5.07. The van der Waals surface area contributed by atoms with Crippen molar-refractivity contribution in [3.63, 3.8) is 0 Å². The molecule has 0 fully saturated rings. The van der Waals surface area contributed by atoms with E-state index < -0.39 is 0 Å². The van der Waals surface area contributed by atoms with Crippen molar-refractivity contribution in [1.82, 2.24) is 19.9 Å². The first-order valence-electron chi connectivity index (χ1n) is 7.02. The maximum absolute atomic E-state index is 12.2. The molecule has 2 rings (SSSR count). The van der Waals surface area contributed by atoms with Gasteiger partial charge in [0, 0.05) is 11.9 Å². The maximum atomic E-state index is 12.2. The second kappa shape index (κ2) is 7.33. The lowest BCUT2D eigenvalue weighted by Crippen LogP contribution is -2.29. The van der Waals surface area contributed by atoms with Crippen LogP contribution in [0.2, 0.25) is 0 Å². The fraction of sp³-hybridized carbons (Fsp3) is 0.500. The molecule has 0 radical (unpaired) electrons. The Labute approximate surface area is 128 Å². The van der Waals surface area contributed by atoms with Gasteiger partial charge in [-0.2, -0.15) is 0 Å². The molecule has 7 heteroatoms. The van der Waals surface area contributed by atoms with Crippen LogP contribution in [0.15, 0.2) is 23.7 Å². The molecule has 1 unspecified atom stereocenters. The SMILES string of the molecule is CCCC(N)c1cn(CC(=O)N(C)Cc2cccs2)nn1. The topological polar surface area (TPSA) is 77.0 Å². The Morgan fingerprint density at radius 2 is 2.38 bits per heavy atom. The summed E-state index contributed by atoms with van der Waals surface area (Å²) < 4.78 is 1.55. The Kier molecular flexibility index (Phi) is 5.46. The van der Waals surface area contributed by atoms with E-state index in [9.17, 15) is 4.79 Å². The van der Waals surface area contributed by atoms with Crippen molar-refractivity contribution in [2.75, 3.05) is 7.05 Å². The Hall–Kier alpha value is -1.73. The molecular formula is C14H21N5OS. The number of hydrogen-bond acceptors (Lipinski definition) is 5. The fourth-order valence-corrected chi connectivity index (χ4v) is 2.76. The highest BCUT2D eigenvalue weighted by Crippen LogP contribution is 2.13. The number of likely N-dealkylation sites (N-methyl/N-ethyl adjacent to an activating group) is 1. The van der Waals surface area contributed by atoms with Gasteiger partial charge in [-0.15, -0.1) is 16.4 Å². The van der Waals surface area contributed by atoms with Gasteiger partial charge in [-0.3, -0.25) is 4.79 Å². The second-order valence-corrected chi connectivity index (χ2v) is 6.10. The van der Waals surface area contributed by atoms with Crippen LogP contribution < -0.4 is 5.73 Å². The zero-order valence-corrected chi connectivity index (χ0v) is 13.2. The van der Waals surface area contributed by atoms with Crippen LogP contribution in [0.5, 0.6) is 0 Å². The predicted molar refractivity (Wildman–Crippen MR) is 82.7 cm³/mol. The molecule has 0 aromatic carbocycles. The minimum atomic E-state index is -0.109. The van der Waals surface area contributed by atoms with Crippen LogP contribution in [-0.2, 0) is 17.9 Å². The normalized spacial score (nSPS) is 12.3. The highest BCUT2D eigenvalue weighted by molar-refractivity contribution is 7.09. The van der Waals surface area contributed by atoms with Gasteiger partial charge in [0.1, 0.15) is 6.54 Å². The summed E-state index contributed by atoms with van der Waals surface area (Å²) in [4.78, 5) is 15.0. The minimum Gasteiger partial charge on any atom is -0.339 e. The average Bonchev–Trinajstić information content (AvgIpc) is 3.10. The van der Waals surface area contributed by atoms with E-state index in [0.29, 0.717) is 6.54 Å². The quantitative estimate of drug-likeness (QED) is 0.846. The van der Waals surface area contributed by atoms with Gasteiger partial charge in [-0.25, -0.2) is 4.68 Å². The van der Waals surface area contributed by atoms with E-state index in [4.69, 9.17) is 5.73 Å². The van der Waals surface area contributed by atoms with Gasteiger partial charge in [-0.05, 0) is 17.9 Å². The van der Waals surface area contributed by atoms with Crippen LogP contribution in [0.1, 0.15) is 36.4 Å². The van der Waals surface area contributed by atoms with Crippen LogP contribution in [0.3, 0.4) is 0 Å². The summed E-state index contributed by atoms with van der Waals surface area (Å²) in [6, 6.07) is 3.89. The number of nitrogens with two attached hydrogens (primary N) is 1. The van der Waals surface area contributed by atoms with Gasteiger partial charge < -0.3 is 10.6 Å². The molecule has 2 N–H and O–H groups in total. The Balaban J connectivity index is 1.90. The van der Waals surface area contributed by atoms with Crippen LogP contribution in [0.25, 0.3) is 0 Å². The van der Waals surface area contributed by atoms with Crippen molar-refractivity contribution in [3.05, 3.63) is 34.3 Å². The molecule has 1 amide bonds. The molecule has 0 spiro atoms. The lowest BCUT2D eigenvalue weighted by molar-refractivity contribution is -0.131. The average molecular weight is 307 g/mol. The molecule has 21 heavy (non-hydrogen) atoms. The molecule has 0 aliphatic rings. The zero-order valence-electron chi connectivity index (χ0n) is 12.4. The predicted octanol–water partition coefficient (Wildman–Crippen LogP) is 1.80. The van der Waals surface area contributed by atoms with Crippen molar-refractivity contribution < 1.29 is 4.79 Å². The van der Waals surface area contributed by atoms with Gasteiger partial charge in [0.2, 0.25) is 5.91 Å². The number of thiophene rings is 1. The van der Waals surface area contributed by atoms with E-state index in [2.05, 4.69) is 17.2 Å². The maximum Gasteiger partial charge on any atom is 0.244 e. The van der Waals surface area contributed by atoms with Gasteiger partial charge in [0.25, 0.3) is 0 Å². The van der Waals surface area contributed by atoms with Gasteiger partial charge in [-0.1, -0.05) is 24.6 Å². The summed E-state index contributed by atoms with van der Waals surface area (Å²) in [5, 5.41) is 10.0. The molecule has 0 aliphatic heterocycles. The molecule has 6 nitrogen and oxygen atoms in total. The highest BCUT2D eigenvalue weighted by Gasteiger charge is 2.14. The lowest BCUT2D eigenvalue weighted by atomic mass is 10.1. The Bertz CT molecular complexity index is 566. The van der Waals surface area contributed by atoms with Crippen molar-refractivity contribution >= 4 is 17.2 Å². The largest absolute Gasteiger partial charge is 0.339 e. The highest BCUT2D eigenvalue weighted by atomic mass is 32.1. The van der Waals surface area contributed by atoms with E-state index >= 15 is 0 Å².